The zero-order valence-corrected chi connectivity index (χ0v) is 11.9. The van der Waals surface area contributed by atoms with Crippen LogP contribution < -0.4 is 10.1 Å². The van der Waals surface area contributed by atoms with Crippen molar-refractivity contribution in [2.75, 3.05) is 20.2 Å². The maximum absolute atomic E-state index is 5.95. The van der Waals surface area contributed by atoms with Crippen LogP contribution in [-0.2, 0) is 12.8 Å². The van der Waals surface area contributed by atoms with Crippen molar-refractivity contribution in [3.8, 4) is 5.75 Å². The number of hydrogen-bond donors (Lipinski definition) is 1. The van der Waals surface area contributed by atoms with E-state index in [4.69, 9.17) is 4.74 Å². The first-order chi connectivity index (χ1) is 8.61. The maximum atomic E-state index is 5.95. The second-order valence-electron chi connectivity index (χ2n) is 6.12. The van der Waals surface area contributed by atoms with Gasteiger partial charge in [0.25, 0.3) is 0 Å². The molecule has 1 aromatic rings. The number of fused-ring (bicyclic) bond motifs is 1. The fourth-order valence-electron chi connectivity index (χ4n) is 2.61. The average Bonchev–Trinajstić information content (AvgIpc) is 2.36. The Morgan fingerprint density at radius 1 is 1.17 bits per heavy atom. The van der Waals surface area contributed by atoms with Crippen LogP contribution in [0.2, 0.25) is 0 Å². The number of nitrogens with one attached hydrogen (secondary N) is 1. The van der Waals surface area contributed by atoms with Crippen molar-refractivity contribution in [2.45, 2.75) is 39.5 Å². The van der Waals surface area contributed by atoms with Gasteiger partial charge in [0, 0.05) is 12.0 Å². The topological polar surface area (TPSA) is 21.3 Å². The molecule has 1 aromatic carbocycles. The van der Waals surface area contributed by atoms with Gasteiger partial charge in [-0.3, -0.25) is 0 Å². The van der Waals surface area contributed by atoms with Crippen molar-refractivity contribution in [2.24, 2.45) is 5.41 Å². The lowest BCUT2D eigenvalue weighted by Gasteiger charge is -2.25. The second kappa shape index (κ2) is 5.75. The van der Waals surface area contributed by atoms with Gasteiger partial charge in [0.15, 0.2) is 0 Å². The van der Waals surface area contributed by atoms with Gasteiger partial charge in [-0.1, -0.05) is 19.9 Å². The molecule has 0 aromatic heterocycles. The third-order valence-corrected chi connectivity index (χ3v) is 3.60. The Hall–Kier alpha value is -1.02. The zero-order valence-electron chi connectivity index (χ0n) is 11.9. The molecule has 2 rings (SSSR count). The quantitative estimate of drug-likeness (QED) is 0.863. The molecule has 100 valence electrons. The van der Waals surface area contributed by atoms with Gasteiger partial charge in [-0.05, 0) is 56.0 Å². The van der Waals surface area contributed by atoms with E-state index in [-0.39, 0.29) is 5.41 Å². The average molecular weight is 247 g/mol. The molecule has 0 radical (unpaired) electrons. The Bertz CT molecular complexity index is 398. The van der Waals surface area contributed by atoms with E-state index in [9.17, 15) is 0 Å². The molecule has 1 aliphatic rings. The Kier molecular flexibility index (Phi) is 4.28. The van der Waals surface area contributed by atoms with E-state index >= 15 is 0 Å². The third-order valence-electron chi connectivity index (χ3n) is 3.60. The number of ether oxygens (including phenoxy) is 1. The summed E-state index contributed by atoms with van der Waals surface area (Å²) < 4.78 is 5.95. The first kappa shape index (κ1) is 13.4. The number of benzene rings is 1. The van der Waals surface area contributed by atoms with Crippen LogP contribution in [-0.4, -0.2) is 20.2 Å². The van der Waals surface area contributed by atoms with Gasteiger partial charge in [-0.2, -0.15) is 0 Å². The monoisotopic (exact) mass is 247 g/mol. The van der Waals surface area contributed by atoms with Crippen molar-refractivity contribution in [1.29, 1.82) is 0 Å². The van der Waals surface area contributed by atoms with Crippen LogP contribution in [0.3, 0.4) is 0 Å². The molecule has 0 aliphatic heterocycles. The molecule has 18 heavy (non-hydrogen) atoms. The van der Waals surface area contributed by atoms with E-state index in [2.05, 4.69) is 37.4 Å². The van der Waals surface area contributed by atoms with Gasteiger partial charge in [0.2, 0.25) is 0 Å². The minimum atomic E-state index is 0.171. The predicted molar refractivity (Wildman–Crippen MR) is 76.3 cm³/mol. The fraction of sp³-hybridized carbons (Fsp3) is 0.625. The Morgan fingerprint density at radius 3 is 2.61 bits per heavy atom. The van der Waals surface area contributed by atoms with Crippen LogP contribution in [0, 0.1) is 5.41 Å². The van der Waals surface area contributed by atoms with E-state index < -0.39 is 0 Å². The van der Waals surface area contributed by atoms with Gasteiger partial charge < -0.3 is 10.1 Å². The van der Waals surface area contributed by atoms with Gasteiger partial charge in [0.05, 0.1) is 6.61 Å². The molecule has 0 spiro atoms. The van der Waals surface area contributed by atoms with Gasteiger partial charge >= 0.3 is 0 Å². The van der Waals surface area contributed by atoms with Crippen LogP contribution in [0.15, 0.2) is 18.2 Å². The second-order valence-corrected chi connectivity index (χ2v) is 6.12. The summed E-state index contributed by atoms with van der Waals surface area (Å²) in [5, 5.41) is 3.21. The molecule has 0 fully saturated rings. The highest BCUT2D eigenvalue weighted by molar-refractivity contribution is 5.37. The van der Waals surface area contributed by atoms with Crippen molar-refractivity contribution >= 4 is 0 Å². The lowest BCUT2D eigenvalue weighted by Crippen LogP contribution is -2.32. The summed E-state index contributed by atoms with van der Waals surface area (Å²) in [7, 11) is 1.99. The van der Waals surface area contributed by atoms with E-state index in [1.165, 1.54) is 36.8 Å². The molecule has 0 saturated carbocycles. The highest BCUT2D eigenvalue weighted by Crippen LogP contribution is 2.26. The van der Waals surface area contributed by atoms with E-state index in [1.54, 1.807) is 0 Å². The summed E-state index contributed by atoms with van der Waals surface area (Å²) in [6.07, 6.45) is 5.11. The highest BCUT2D eigenvalue weighted by Gasteiger charge is 2.18. The van der Waals surface area contributed by atoms with E-state index in [1.807, 2.05) is 7.05 Å². The molecule has 2 nitrogen and oxygen atoms in total. The molecule has 0 bridgehead atoms. The van der Waals surface area contributed by atoms with Crippen LogP contribution in [0.5, 0.6) is 5.75 Å². The van der Waals surface area contributed by atoms with Gasteiger partial charge in [-0.15, -0.1) is 0 Å². The summed E-state index contributed by atoms with van der Waals surface area (Å²) in [4.78, 5) is 0. The minimum Gasteiger partial charge on any atom is -0.493 e. The van der Waals surface area contributed by atoms with Crippen molar-refractivity contribution in [1.82, 2.24) is 5.32 Å². The van der Waals surface area contributed by atoms with E-state index in [0.717, 1.165) is 18.9 Å². The molecule has 0 atom stereocenters. The van der Waals surface area contributed by atoms with E-state index in [0.29, 0.717) is 0 Å². The van der Waals surface area contributed by atoms with Gasteiger partial charge in [0.1, 0.15) is 5.75 Å². The molecule has 0 heterocycles. The minimum absolute atomic E-state index is 0.171. The summed E-state index contributed by atoms with van der Waals surface area (Å²) in [5.41, 5.74) is 3.18. The Morgan fingerprint density at radius 2 is 1.89 bits per heavy atom. The molecular formula is C16H25NO. The first-order valence-corrected chi connectivity index (χ1v) is 7.00. The SMILES string of the molecule is CNCC(C)(C)COc1ccc2c(c1)CCCC2. The van der Waals surface area contributed by atoms with Crippen molar-refractivity contribution in [3.05, 3.63) is 29.3 Å². The molecule has 0 unspecified atom stereocenters. The van der Waals surface area contributed by atoms with Crippen molar-refractivity contribution in [3.63, 3.8) is 0 Å². The molecule has 2 heteroatoms. The van der Waals surface area contributed by atoms with Crippen LogP contribution in [0.1, 0.15) is 37.8 Å². The summed E-state index contributed by atoms with van der Waals surface area (Å²) >= 11 is 0. The molecule has 0 saturated heterocycles. The maximum Gasteiger partial charge on any atom is 0.119 e. The first-order valence-electron chi connectivity index (χ1n) is 7.00. The molecular weight excluding hydrogens is 222 g/mol. The summed E-state index contributed by atoms with van der Waals surface area (Å²) in [6.45, 7) is 6.17. The lowest BCUT2D eigenvalue weighted by atomic mass is 9.91. The number of hydrogen-bond acceptors (Lipinski definition) is 2. The smallest absolute Gasteiger partial charge is 0.119 e. The third kappa shape index (κ3) is 3.49. The van der Waals surface area contributed by atoms with Crippen LogP contribution >= 0.6 is 0 Å². The molecule has 1 aliphatic carbocycles. The zero-order chi connectivity index (χ0) is 13.0. The molecule has 1 N–H and O–H groups in total. The summed E-state index contributed by atoms with van der Waals surface area (Å²) in [5.74, 6) is 1.03. The Labute approximate surface area is 111 Å². The molecule has 0 amide bonds. The fourth-order valence-corrected chi connectivity index (χ4v) is 2.61. The van der Waals surface area contributed by atoms with Crippen LogP contribution in [0.25, 0.3) is 0 Å². The lowest BCUT2D eigenvalue weighted by molar-refractivity contribution is 0.179. The Balaban J connectivity index is 1.98. The van der Waals surface area contributed by atoms with Crippen molar-refractivity contribution < 1.29 is 4.74 Å². The normalized spacial score (nSPS) is 15.3. The largest absolute Gasteiger partial charge is 0.493 e. The number of aryl methyl sites for hydroxylation is 2. The standard InChI is InChI=1S/C16H25NO/c1-16(2,11-17-3)12-18-15-9-8-13-6-4-5-7-14(13)10-15/h8-10,17H,4-7,11-12H2,1-3H3. The highest BCUT2D eigenvalue weighted by atomic mass is 16.5. The van der Waals surface area contributed by atoms with Crippen LogP contribution in [0.4, 0.5) is 0 Å². The predicted octanol–water partition coefficient (Wildman–Crippen LogP) is 3.19. The number of rotatable bonds is 5. The summed E-state index contributed by atoms with van der Waals surface area (Å²) in [6, 6.07) is 6.61. The van der Waals surface area contributed by atoms with Gasteiger partial charge in [-0.25, -0.2) is 0 Å².